The Balaban J connectivity index is 2.41. The van der Waals surface area contributed by atoms with Crippen molar-refractivity contribution in [2.45, 2.75) is 39.3 Å². The number of amides is 2. The third-order valence-electron chi connectivity index (χ3n) is 4.98. The zero-order valence-corrected chi connectivity index (χ0v) is 19.7. The van der Waals surface area contributed by atoms with Crippen LogP contribution in [0, 0.1) is 11.6 Å². The average molecular weight is 482 g/mol. The maximum absolute atomic E-state index is 13.7. The number of sulfonamides is 1. The summed E-state index contributed by atoms with van der Waals surface area (Å²) in [7, 11) is -3.94. The quantitative estimate of drug-likeness (QED) is 0.535. The fourth-order valence-corrected chi connectivity index (χ4v) is 4.16. The first-order valence-electron chi connectivity index (χ1n) is 10.6. The Bertz CT molecular complexity index is 1060. The van der Waals surface area contributed by atoms with Crippen molar-refractivity contribution in [2.24, 2.45) is 0 Å². The number of carbonyl (C=O) groups excluding carboxylic acids is 2. The number of nitrogens with one attached hydrogen (secondary N) is 1. The van der Waals surface area contributed by atoms with Crippen LogP contribution in [0.2, 0.25) is 0 Å². The van der Waals surface area contributed by atoms with Crippen LogP contribution in [0.3, 0.4) is 0 Å². The summed E-state index contributed by atoms with van der Waals surface area (Å²) in [5.74, 6) is -2.11. The second-order valence-corrected chi connectivity index (χ2v) is 9.52. The Labute approximate surface area is 193 Å². The predicted molar refractivity (Wildman–Crippen MR) is 123 cm³/mol. The van der Waals surface area contributed by atoms with Gasteiger partial charge in [-0.15, -0.1) is 0 Å². The van der Waals surface area contributed by atoms with Crippen LogP contribution in [-0.2, 0) is 26.2 Å². The van der Waals surface area contributed by atoms with Gasteiger partial charge in [0.15, 0.2) is 0 Å². The van der Waals surface area contributed by atoms with E-state index in [4.69, 9.17) is 0 Å². The van der Waals surface area contributed by atoms with Crippen LogP contribution >= 0.6 is 0 Å². The van der Waals surface area contributed by atoms with Gasteiger partial charge >= 0.3 is 0 Å². The van der Waals surface area contributed by atoms with Crippen LogP contribution in [0.1, 0.15) is 32.3 Å². The summed E-state index contributed by atoms with van der Waals surface area (Å²) in [6.07, 6.45) is 1.90. The van der Waals surface area contributed by atoms with Gasteiger partial charge in [-0.2, -0.15) is 0 Å². The van der Waals surface area contributed by atoms with Crippen molar-refractivity contribution >= 4 is 27.5 Å². The topological polar surface area (TPSA) is 86.8 Å². The molecule has 1 unspecified atom stereocenters. The van der Waals surface area contributed by atoms with Crippen molar-refractivity contribution in [1.82, 2.24) is 10.2 Å². The lowest BCUT2D eigenvalue weighted by Crippen LogP contribution is -2.52. The molecule has 33 heavy (non-hydrogen) atoms. The molecule has 1 N–H and O–H groups in total. The minimum atomic E-state index is -3.94. The minimum Gasteiger partial charge on any atom is -0.354 e. The SMILES string of the molecule is CCCNC(=O)C(CC)N(Cc1ccc(F)cc1)C(=O)CN(c1cccc(F)c1)S(C)(=O)=O. The zero-order chi connectivity index (χ0) is 24.6. The molecule has 0 saturated heterocycles. The summed E-state index contributed by atoms with van der Waals surface area (Å²) >= 11 is 0. The highest BCUT2D eigenvalue weighted by Crippen LogP contribution is 2.20. The molecule has 2 rings (SSSR count). The van der Waals surface area contributed by atoms with Gasteiger partial charge in [0.1, 0.15) is 24.2 Å². The summed E-state index contributed by atoms with van der Waals surface area (Å²) in [4.78, 5) is 27.4. The normalized spacial score (nSPS) is 12.2. The fourth-order valence-electron chi connectivity index (χ4n) is 3.32. The van der Waals surface area contributed by atoms with Gasteiger partial charge in [-0.05, 0) is 48.7 Å². The molecule has 0 radical (unpaired) electrons. The van der Waals surface area contributed by atoms with Crippen LogP contribution in [0.5, 0.6) is 0 Å². The molecule has 0 spiro atoms. The van der Waals surface area contributed by atoms with Crippen LogP contribution in [-0.4, -0.2) is 50.5 Å². The molecular weight excluding hydrogens is 452 g/mol. The lowest BCUT2D eigenvalue weighted by molar-refractivity contribution is -0.140. The van der Waals surface area contributed by atoms with E-state index in [9.17, 15) is 26.8 Å². The maximum atomic E-state index is 13.7. The third kappa shape index (κ3) is 7.52. The number of halogens is 2. The van der Waals surface area contributed by atoms with E-state index in [2.05, 4.69) is 5.32 Å². The third-order valence-corrected chi connectivity index (χ3v) is 6.12. The Hall–Kier alpha value is -3.01. The molecule has 2 amide bonds. The second kappa shape index (κ2) is 11.7. The van der Waals surface area contributed by atoms with E-state index in [0.29, 0.717) is 18.5 Å². The predicted octanol–water partition coefficient (Wildman–Crippen LogP) is 3.06. The Kier molecular flexibility index (Phi) is 9.33. The molecule has 0 heterocycles. The number of hydrogen-bond donors (Lipinski definition) is 1. The smallest absolute Gasteiger partial charge is 0.244 e. The van der Waals surface area contributed by atoms with Gasteiger partial charge in [0.2, 0.25) is 21.8 Å². The van der Waals surface area contributed by atoms with Crippen molar-refractivity contribution in [3.8, 4) is 0 Å². The van der Waals surface area contributed by atoms with Crippen LogP contribution < -0.4 is 9.62 Å². The van der Waals surface area contributed by atoms with Gasteiger partial charge in [-0.1, -0.05) is 32.0 Å². The van der Waals surface area contributed by atoms with Gasteiger partial charge < -0.3 is 10.2 Å². The Morgan fingerprint density at radius 3 is 2.24 bits per heavy atom. The molecule has 10 heteroatoms. The van der Waals surface area contributed by atoms with Crippen LogP contribution in [0.25, 0.3) is 0 Å². The number of benzene rings is 2. The lowest BCUT2D eigenvalue weighted by Gasteiger charge is -2.32. The highest BCUT2D eigenvalue weighted by atomic mass is 32.2. The molecule has 180 valence electrons. The number of hydrogen-bond acceptors (Lipinski definition) is 4. The molecular formula is C23H29F2N3O4S. The first-order valence-corrected chi connectivity index (χ1v) is 12.5. The zero-order valence-electron chi connectivity index (χ0n) is 18.9. The summed E-state index contributed by atoms with van der Waals surface area (Å²) < 4.78 is 52.7. The molecule has 7 nitrogen and oxygen atoms in total. The molecule has 2 aromatic carbocycles. The summed E-state index contributed by atoms with van der Waals surface area (Å²) in [5.41, 5.74) is 0.569. The van der Waals surface area contributed by atoms with E-state index in [1.54, 1.807) is 6.92 Å². The highest BCUT2D eigenvalue weighted by molar-refractivity contribution is 7.92. The molecule has 2 aromatic rings. The average Bonchev–Trinajstić information content (AvgIpc) is 2.76. The first kappa shape index (κ1) is 26.2. The summed E-state index contributed by atoms with van der Waals surface area (Å²) in [6.45, 7) is 3.40. The monoisotopic (exact) mass is 481 g/mol. The lowest BCUT2D eigenvalue weighted by atomic mass is 10.1. The van der Waals surface area contributed by atoms with Crippen LogP contribution in [0.4, 0.5) is 14.5 Å². The van der Waals surface area contributed by atoms with Crippen LogP contribution in [0.15, 0.2) is 48.5 Å². The largest absolute Gasteiger partial charge is 0.354 e. The number of rotatable bonds is 11. The van der Waals surface area contributed by atoms with Crippen molar-refractivity contribution < 1.29 is 26.8 Å². The molecule has 0 bridgehead atoms. The molecule has 0 aliphatic carbocycles. The van der Waals surface area contributed by atoms with Crippen molar-refractivity contribution in [3.63, 3.8) is 0 Å². The van der Waals surface area contributed by atoms with E-state index in [1.165, 1.54) is 41.3 Å². The van der Waals surface area contributed by atoms with Crippen molar-refractivity contribution in [1.29, 1.82) is 0 Å². The Morgan fingerprint density at radius 2 is 1.70 bits per heavy atom. The summed E-state index contributed by atoms with van der Waals surface area (Å²) in [5, 5.41) is 2.76. The standard InChI is InChI=1S/C23H29F2N3O4S/c1-4-13-26-23(30)21(5-2)27(15-17-9-11-18(24)12-10-17)22(29)16-28(33(3,31)32)20-8-6-7-19(25)14-20/h6-12,14,21H,4-5,13,15-16H2,1-3H3,(H,26,30). The number of anilines is 1. The van der Waals surface area contributed by atoms with Gasteiger partial charge in [-0.3, -0.25) is 13.9 Å². The number of nitrogens with zero attached hydrogens (tertiary/aromatic N) is 2. The maximum Gasteiger partial charge on any atom is 0.244 e. The first-order chi connectivity index (χ1) is 15.6. The van der Waals surface area contributed by atoms with Gasteiger partial charge in [0.05, 0.1) is 11.9 Å². The van der Waals surface area contributed by atoms with Gasteiger partial charge in [0.25, 0.3) is 0 Å². The van der Waals surface area contributed by atoms with Gasteiger partial charge in [-0.25, -0.2) is 17.2 Å². The van der Waals surface area contributed by atoms with Crippen molar-refractivity contribution in [3.05, 3.63) is 65.7 Å². The molecule has 1 atom stereocenters. The minimum absolute atomic E-state index is 0.00364. The Morgan fingerprint density at radius 1 is 1.03 bits per heavy atom. The van der Waals surface area contributed by atoms with E-state index in [0.717, 1.165) is 22.7 Å². The molecule has 0 aliphatic heterocycles. The van der Waals surface area contributed by atoms with E-state index >= 15 is 0 Å². The fraction of sp³-hybridized carbons (Fsp3) is 0.391. The highest BCUT2D eigenvalue weighted by Gasteiger charge is 2.31. The molecule has 0 fully saturated rings. The van der Waals surface area contributed by atoms with E-state index in [1.807, 2.05) is 6.92 Å². The molecule has 0 aromatic heterocycles. The second-order valence-electron chi connectivity index (χ2n) is 7.61. The van der Waals surface area contributed by atoms with E-state index in [-0.39, 0.29) is 24.6 Å². The molecule has 0 aliphatic rings. The molecule has 0 saturated carbocycles. The van der Waals surface area contributed by atoms with Crippen molar-refractivity contribution in [2.75, 3.05) is 23.7 Å². The summed E-state index contributed by atoms with van der Waals surface area (Å²) in [6, 6.07) is 9.51. The van der Waals surface area contributed by atoms with Gasteiger partial charge in [0, 0.05) is 13.1 Å². The van der Waals surface area contributed by atoms with E-state index < -0.39 is 40.2 Å². The number of carbonyl (C=O) groups is 2.